The van der Waals surface area contributed by atoms with Crippen LogP contribution >= 0.6 is 0 Å². The Morgan fingerprint density at radius 2 is 1.68 bits per heavy atom. The Bertz CT molecular complexity index is 648. The molecular formula is C15H10F2O2. The van der Waals surface area contributed by atoms with E-state index in [9.17, 15) is 13.6 Å². The smallest absolute Gasteiger partial charge is 0.336 e. The number of rotatable bonds is 3. The largest absolute Gasteiger partial charge is 0.478 e. The highest BCUT2D eigenvalue weighted by Gasteiger charge is 2.06. The monoisotopic (exact) mass is 260 g/mol. The van der Waals surface area contributed by atoms with E-state index < -0.39 is 17.6 Å². The molecule has 96 valence electrons. The Labute approximate surface area is 108 Å². The standard InChI is InChI=1S/C15H10F2O2/c16-12-8-7-11(14(17)9-12)6-5-10-3-1-2-4-13(10)15(18)19/h1-9H,(H,18,19)/b6-5+. The molecule has 0 heterocycles. The number of carboxylic acid groups (broad SMARTS) is 1. The van der Waals surface area contributed by atoms with Gasteiger partial charge in [0.2, 0.25) is 0 Å². The summed E-state index contributed by atoms with van der Waals surface area (Å²) in [5.74, 6) is -2.40. The van der Waals surface area contributed by atoms with Crippen molar-refractivity contribution in [2.75, 3.05) is 0 Å². The van der Waals surface area contributed by atoms with Crippen molar-refractivity contribution >= 4 is 18.1 Å². The summed E-state index contributed by atoms with van der Waals surface area (Å²) < 4.78 is 26.1. The van der Waals surface area contributed by atoms with E-state index in [0.29, 0.717) is 5.56 Å². The van der Waals surface area contributed by atoms with E-state index in [-0.39, 0.29) is 11.1 Å². The fourth-order valence-corrected chi connectivity index (χ4v) is 1.65. The van der Waals surface area contributed by atoms with Gasteiger partial charge < -0.3 is 5.11 Å². The maximum Gasteiger partial charge on any atom is 0.336 e. The van der Waals surface area contributed by atoms with Crippen LogP contribution in [0.5, 0.6) is 0 Å². The van der Waals surface area contributed by atoms with Gasteiger partial charge in [0.25, 0.3) is 0 Å². The Morgan fingerprint density at radius 3 is 2.37 bits per heavy atom. The summed E-state index contributed by atoms with van der Waals surface area (Å²) in [6, 6.07) is 9.59. The summed E-state index contributed by atoms with van der Waals surface area (Å²) in [7, 11) is 0. The molecule has 2 rings (SSSR count). The van der Waals surface area contributed by atoms with Gasteiger partial charge in [-0.25, -0.2) is 13.6 Å². The van der Waals surface area contributed by atoms with E-state index in [1.807, 2.05) is 0 Å². The van der Waals surface area contributed by atoms with E-state index in [4.69, 9.17) is 5.11 Å². The molecule has 0 spiro atoms. The Morgan fingerprint density at radius 1 is 1.00 bits per heavy atom. The third kappa shape index (κ3) is 3.04. The van der Waals surface area contributed by atoms with E-state index in [1.54, 1.807) is 18.2 Å². The first-order valence-electron chi connectivity index (χ1n) is 5.53. The third-order valence-corrected chi connectivity index (χ3v) is 2.60. The number of carboxylic acids is 1. The fraction of sp³-hybridized carbons (Fsp3) is 0. The van der Waals surface area contributed by atoms with Crippen LogP contribution in [0.25, 0.3) is 12.2 Å². The van der Waals surface area contributed by atoms with Crippen molar-refractivity contribution in [3.63, 3.8) is 0 Å². The molecule has 4 heteroatoms. The van der Waals surface area contributed by atoms with E-state index in [0.717, 1.165) is 12.1 Å². The van der Waals surface area contributed by atoms with Crippen molar-refractivity contribution in [2.45, 2.75) is 0 Å². The third-order valence-electron chi connectivity index (χ3n) is 2.60. The highest BCUT2D eigenvalue weighted by Crippen LogP contribution is 2.16. The quantitative estimate of drug-likeness (QED) is 0.851. The van der Waals surface area contributed by atoms with Crippen LogP contribution in [0, 0.1) is 11.6 Å². The summed E-state index contributed by atoms with van der Waals surface area (Å²) in [4.78, 5) is 11.0. The molecule has 0 saturated carbocycles. The van der Waals surface area contributed by atoms with Gasteiger partial charge in [0, 0.05) is 11.6 Å². The molecule has 1 N–H and O–H groups in total. The molecule has 0 atom stereocenters. The minimum atomic E-state index is -1.06. The van der Waals surface area contributed by atoms with Gasteiger partial charge in [0.1, 0.15) is 11.6 Å². The van der Waals surface area contributed by atoms with Crippen molar-refractivity contribution in [3.8, 4) is 0 Å². The van der Waals surface area contributed by atoms with Crippen LogP contribution in [-0.4, -0.2) is 11.1 Å². The van der Waals surface area contributed by atoms with E-state index >= 15 is 0 Å². The molecule has 0 unspecified atom stereocenters. The molecule has 2 aromatic rings. The lowest BCUT2D eigenvalue weighted by molar-refractivity contribution is 0.0696. The highest BCUT2D eigenvalue weighted by atomic mass is 19.1. The van der Waals surface area contributed by atoms with Crippen molar-refractivity contribution in [2.24, 2.45) is 0 Å². The summed E-state index contributed by atoms with van der Waals surface area (Å²) in [5.41, 5.74) is 0.779. The topological polar surface area (TPSA) is 37.3 Å². The van der Waals surface area contributed by atoms with E-state index in [2.05, 4.69) is 0 Å². The highest BCUT2D eigenvalue weighted by molar-refractivity contribution is 5.93. The molecule has 2 aromatic carbocycles. The lowest BCUT2D eigenvalue weighted by Crippen LogP contribution is -1.98. The predicted molar refractivity (Wildman–Crippen MR) is 68.7 cm³/mol. The Balaban J connectivity index is 2.35. The number of carbonyl (C=O) groups is 1. The zero-order valence-corrected chi connectivity index (χ0v) is 9.81. The lowest BCUT2D eigenvalue weighted by Gasteiger charge is -2.01. The molecule has 0 radical (unpaired) electrons. The molecule has 0 aliphatic carbocycles. The van der Waals surface area contributed by atoms with Crippen molar-refractivity contribution in [1.29, 1.82) is 0 Å². The summed E-state index contributed by atoms with van der Waals surface area (Å²) in [6.07, 6.45) is 2.90. The number of halogens is 2. The van der Waals surface area contributed by atoms with Gasteiger partial charge in [-0.1, -0.05) is 30.4 Å². The Hall–Kier alpha value is -2.49. The molecule has 0 fully saturated rings. The van der Waals surface area contributed by atoms with Gasteiger partial charge in [-0.05, 0) is 23.8 Å². The van der Waals surface area contributed by atoms with Gasteiger partial charge >= 0.3 is 5.97 Å². The first-order chi connectivity index (χ1) is 9.08. The number of aromatic carboxylic acids is 1. The van der Waals surface area contributed by atoms with Gasteiger partial charge in [-0.15, -0.1) is 0 Å². The number of benzene rings is 2. The number of hydrogen-bond donors (Lipinski definition) is 1. The molecule has 19 heavy (non-hydrogen) atoms. The summed E-state index contributed by atoms with van der Waals surface area (Å²) in [6.45, 7) is 0. The van der Waals surface area contributed by atoms with Crippen LogP contribution in [0.15, 0.2) is 42.5 Å². The molecule has 0 saturated heterocycles. The van der Waals surface area contributed by atoms with Gasteiger partial charge in [0.05, 0.1) is 5.56 Å². The molecule has 0 amide bonds. The minimum Gasteiger partial charge on any atom is -0.478 e. The zero-order valence-electron chi connectivity index (χ0n) is 9.81. The summed E-state index contributed by atoms with van der Waals surface area (Å²) in [5, 5.41) is 9.00. The minimum absolute atomic E-state index is 0.126. The average Bonchev–Trinajstić information content (AvgIpc) is 2.38. The van der Waals surface area contributed by atoms with Crippen molar-refractivity contribution in [3.05, 3.63) is 70.8 Å². The fourth-order valence-electron chi connectivity index (χ4n) is 1.65. The second-order valence-electron chi connectivity index (χ2n) is 3.89. The van der Waals surface area contributed by atoms with Crippen LogP contribution in [-0.2, 0) is 0 Å². The van der Waals surface area contributed by atoms with Crippen molar-refractivity contribution < 1.29 is 18.7 Å². The molecule has 0 aromatic heterocycles. The Kier molecular flexibility index (Phi) is 3.71. The SMILES string of the molecule is O=C(O)c1ccccc1/C=C/c1ccc(F)cc1F. The molecule has 0 aliphatic rings. The van der Waals surface area contributed by atoms with Gasteiger partial charge in [-0.3, -0.25) is 0 Å². The molecule has 0 aliphatic heterocycles. The molecule has 0 bridgehead atoms. The van der Waals surface area contributed by atoms with Crippen molar-refractivity contribution in [1.82, 2.24) is 0 Å². The van der Waals surface area contributed by atoms with Crippen LogP contribution in [0.4, 0.5) is 8.78 Å². The van der Waals surface area contributed by atoms with Crippen LogP contribution in [0.1, 0.15) is 21.5 Å². The summed E-state index contributed by atoms with van der Waals surface area (Å²) >= 11 is 0. The maximum atomic E-state index is 13.4. The predicted octanol–water partition coefficient (Wildman–Crippen LogP) is 3.83. The zero-order chi connectivity index (χ0) is 13.8. The lowest BCUT2D eigenvalue weighted by atomic mass is 10.1. The number of hydrogen-bond acceptors (Lipinski definition) is 1. The molecular weight excluding hydrogens is 250 g/mol. The average molecular weight is 260 g/mol. The first-order valence-corrected chi connectivity index (χ1v) is 5.53. The van der Waals surface area contributed by atoms with Gasteiger partial charge in [0.15, 0.2) is 0 Å². The second kappa shape index (κ2) is 5.44. The van der Waals surface area contributed by atoms with Gasteiger partial charge in [-0.2, -0.15) is 0 Å². The maximum absolute atomic E-state index is 13.4. The first kappa shape index (κ1) is 13.0. The normalized spacial score (nSPS) is 10.8. The second-order valence-corrected chi connectivity index (χ2v) is 3.89. The van der Waals surface area contributed by atoms with Crippen LogP contribution in [0.2, 0.25) is 0 Å². The van der Waals surface area contributed by atoms with Crippen LogP contribution in [0.3, 0.4) is 0 Å². The van der Waals surface area contributed by atoms with E-state index in [1.165, 1.54) is 24.3 Å². The van der Waals surface area contributed by atoms with Crippen LogP contribution < -0.4 is 0 Å². The molecule has 2 nitrogen and oxygen atoms in total.